The molecule has 1 aliphatic heterocycles. The molecular formula is C25H28N2O2. The van der Waals surface area contributed by atoms with E-state index in [-0.39, 0.29) is 11.8 Å². The van der Waals surface area contributed by atoms with Crippen molar-refractivity contribution in [3.63, 3.8) is 0 Å². The van der Waals surface area contributed by atoms with Crippen LogP contribution >= 0.6 is 0 Å². The number of hydrogen-bond acceptors (Lipinski definition) is 2. The number of carbonyl (C=O) groups excluding carboxylic acids is 2. The fourth-order valence-corrected chi connectivity index (χ4v) is 4.59. The molecule has 1 aliphatic carbocycles. The second kappa shape index (κ2) is 8.64. The Labute approximate surface area is 172 Å². The van der Waals surface area contributed by atoms with E-state index < -0.39 is 5.41 Å². The highest BCUT2D eigenvalue weighted by Gasteiger charge is 2.49. The summed E-state index contributed by atoms with van der Waals surface area (Å²) in [6, 6.07) is 20.2. The van der Waals surface area contributed by atoms with Gasteiger partial charge in [-0.05, 0) is 43.2 Å². The van der Waals surface area contributed by atoms with Gasteiger partial charge in [0.2, 0.25) is 11.8 Å². The maximum Gasteiger partial charge on any atom is 0.232 e. The number of nitrogens with one attached hydrogen (secondary N) is 1. The Balaban J connectivity index is 1.51. The monoisotopic (exact) mass is 388 g/mol. The lowest BCUT2D eigenvalue weighted by Crippen LogP contribution is -2.52. The molecule has 1 atom stereocenters. The summed E-state index contributed by atoms with van der Waals surface area (Å²) < 4.78 is 0. The first-order chi connectivity index (χ1) is 14.2. The quantitative estimate of drug-likeness (QED) is 0.805. The number of amides is 2. The first kappa shape index (κ1) is 19.4. The lowest BCUT2D eigenvalue weighted by Gasteiger charge is -2.46. The highest BCUT2D eigenvalue weighted by atomic mass is 16.2. The Morgan fingerprint density at radius 1 is 0.966 bits per heavy atom. The summed E-state index contributed by atoms with van der Waals surface area (Å²) in [5.74, 6) is 0.194. The van der Waals surface area contributed by atoms with Crippen LogP contribution in [0.1, 0.15) is 43.2 Å². The minimum Gasteiger partial charge on any atom is -0.355 e. The summed E-state index contributed by atoms with van der Waals surface area (Å²) in [5.41, 5.74) is 2.65. The van der Waals surface area contributed by atoms with Crippen LogP contribution in [0.15, 0.2) is 72.4 Å². The number of carbonyl (C=O) groups is 2. The zero-order valence-corrected chi connectivity index (χ0v) is 16.8. The lowest BCUT2D eigenvalue weighted by molar-refractivity contribution is -0.141. The van der Waals surface area contributed by atoms with Gasteiger partial charge in [0, 0.05) is 18.7 Å². The Morgan fingerprint density at radius 3 is 2.38 bits per heavy atom. The number of benzene rings is 2. The number of piperidine rings is 1. The van der Waals surface area contributed by atoms with E-state index >= 15 is 0 Å². The fourth-order valence-electron chi connectivity index (χ4n) is 4.59. The number of fused-ring (bicyclic) bond motifs is 1. The molecule has 4 heteroatoms. The molecule has 2 amide bonds. The summed E-state index contributed by atoms with van der Waals surface area (Å²) in [4.78, 5) is 28.0. The molecule has 1 fully saturated rings. The molecule has 1 saturated heterocycles. The molecule has 0 radical (unpaired) electrons. The first-order valence-corrected chi connectivity index (χ1v) is 10.6. The van der Waals surface area contributed by atoms with Crippen LogP contribution in [-0.4, -0.2) is 23.3 Å². The minimum atomic E-state index is -0.572. The topological polar surface area (TPSA) is 49.4 Å². The van der Waals surface area contributed by atoms with Crippen LogP contribution in [-0.2, 0) is 22.6 Å². The van der Waals surface area contributed by atoms with Crippen molar-refractivity contribution in [2.75, 3.05) is 6.54 Å². The summed E-state index contributed by atoms with van der Waals surface area (Å²) >= 11 is 0. The van der Waals surface area contributed by atoms with Gasteiger partial charge in [-0.1, -0.05) is 66.7 Å². The molecule has 4 nitrogen and oxygen atoms in total. The maximum atomic E-state index is 13.4. The third-order valence-corrected chi connectivity index (χ3v) is 6.15. The SMILES string of the molecule is O=C1CCC2(C(=O)NCCc3ccccc3)CCCC=C2N1Cc1ccccc1. The average Bonchev–Trinajstić information content (AvgIpc) is 2.77. The van der Waals surface area contributed by atoms with E-state index in [1.807, 2.05) is 53.4 Å². The predicted octanol–water partition coefficient (Wildman–Crippen LogP) is 4.22. The van der Waals surface area contributed by atoms with E-state index in [1.54, 1.807) is 0 Å². The maximum absolute atomic E-state index is 13.4. The molecule has 150 valence electrons. The molecule has 0 saturated carbocycles. The molecular weight excluding hydrogens is 360 g/mol. The summed E-state index contributed by atoms with van der Waals surface area (Å²) in [5, 5.41) is 3.17. The molecule has 0 spiro atoms. The van der Waals surface area contributed by atoms with E-state index in [2.05, 4.69) is 23.5 Å². The molecule has 0 aromatic heterocycles. The van der Waals surface area contributed by atoms with Crippen LogP contribution in [0.5, 0.6) is 0 Å². The van der Waals surface area contributed by atoms with Crippen LogP contribution in [0.25, 0.3) is 0 Å². The Kier molecular flexibility index (Phi) is 5.79. The van der Waals surface area contributed by atoms with Crippen molar-refractivity contribution in [1.29, 1.82) is 0 Å². The average molecular weight is 389 g/mol. The van der Waals surface area contributed by atoms with Crippen LogP contribution in [0.4, 0.5) is 0 Å². The van der Waals surface area contributed by atoms with Crippen LogP contribution < -0.4 is 5.32 Å². The van der Waals surface area contributed by atoms with E-state index in [0.29, 0.717) is 25.9 Å². The van der Waals surface area contributed by atoms with E-state index in [1.165, 1.54) is 5.56 Å². The number of nitrogens with zero attached hydrogens (tertiary/aromatic N) is 1. The van der Waals surface area contributed by atoms with Gasteiger partial charge >= 0.3 is 0 Å². The van der Waals surface area contributed by atoms with Gasteiger partial charge in [-0.2, -0.15) is 0 Å². The highest BCUT2D eigenvalue weighted by Crippen LogP contribution is 2.47. The molecule has 1 unspecified atom stereocenters. The Hall–Kier alpha value is -2.88. The summed E-state index contributed by atoms with van der Waals surface area (Å²) in [6.07, 6.45) is 6.70. The second-order valence-electron chi connectivity index (χ2n) is 8.02. The zero-order valence-electron chi connectivity index (χ0n) is 16.8. The van der Waals surface area contributed by atoms with Gasteiger partial charge in [0.1, 0.15) is 0 Å². The van der Waals surface area contributed by atoms with Gasteiger partial charge in [-0.3, -0.25) is 9.59 Å². The number of rotatable bonds is 6. The van der Waals surface area contributed by atoms with Gasteiger partial charge in [0.25, 0.3) is 0 Å². The van der Waals surface area contributed by atoms with Crippen LogP contribution in [0, 0.1) is 5.41 Å². The van der Waals surface area contributed by atoms with Gasteiger partial charge in [-0.15, -0.1) is 0 Å². The Bertz CT molecular complexity index is 892. The molecule has 1 heterocycles. The normalized spacial score (nSPS) is 21.3. The molecule has 2 aliphatic rings. The van der Waals surface area contributed by atoms with Gasteiger partial charge < -0.3 is 10.2 Å². The zero-order chi connectivity index (χ0) is 20.1. The van der Waals surface area contributed by atoms with Gasteiger partial charge in [0.05, 0.1) is 12.0 Å². The standard InChI is InChI=1S/C25H28N2O2/c28-23-14-17-25(24(29)26-18-15-20-9-3-1-4-10-20)16-8-7-13-22(25)27(23)19-21-11-5-2-6-12-21/h1-6,9-13H,7-8,14-19H2,(H,26,29). The van der Waals surface area contributed by atoms with Crippen molar-refractivity contribution in [3.8, 4) is 0 Å². The third kappa shape index (κ3) is 4.12. The molecule has 1 N–H and O–H groups in total. The third-order valence-electron chi connectivity index (χ3n) is 6.15. The minimum absolute atomic E-state index is 0.0740. The van der Waals surface area contributed by atoms with E-state index in [9.17, 15) is 9.59 Å². The number of likely N-dealkylation sites (tertiary alicyclic amines) is 1. The van der Waals surface area contributed by atoms with Crippen molar-refractivity contribution in [3.05, 3.63) is 83.6 Å². The van der Waals surface area contributed by atoms with Crippen LogP contribution in [0.2, 0.25) is 0 Å². The lowest BCUT2D eigenvalue weighted by atomic mass is 9.69. The van der Waals surface area contributed by atoms with Crippen molar-refractivity contribution in [1.82, 2.24) is 10.2 Å². The molecule has 0 bridgehead atoms. The molecule has 4 rings (SSSR count). The molecule has 29 heavy (non-hydrogen) atoms. The number of hydrogen-bond donors (Lipinski definition) is 1. The molecule has 2 aromatic carbocycles. The number of allylic oxidation sites excluding steroid dienone is 1. The van der Waals surface area contributed by atoms with Crippen molar-refractivity contribution >= 4 is 11.8 Å². The van der Waals surface area contributed by atoms with Gasteiger partial charge in [-0.25, -0.2) is 0 Å². The van der Waals surface area contributed by atoms with Crippen molar-refractivity contribution in [2.24, 2.45) is 5.41 Å². The highest BCUT2D eigenvalue weighted by molar-refractivity contribution is 5.91. The van der Waals surface area contributed by atoms with Crippen LogP contribution in [0.3, 0.4) is 0 Å². The first-order valence-electron chi connectivity index (χ1n) is 10.6. The van der Waals surface area contributed by atoms with Gasteiger partial charge in [0.15, 0.2) is 0 Å². The van der Waals surface area contributed by atoms with E-state index in [0.717, 1.165) is 36.9 Å². The smallest absolute Gasteiger partial charge is 0.232 e. The van der Waals surface area contributed by atoms with Crippen molar-refractivity contribution < 1.29 is 9.59 Å². The Morgan fingerprint density at radius 2 is 1.66 bits per heavy atom. The largest absolute Gasteiger partial charge is 0.355 e. The summed E-state index contributed by atoms with van der Waals surface area (Å²) in [6.45, 7) is 1.15. The van der Waals surface area contributed by atoms with Crippen molar-refractivity contribution in [2.45, 2.75) is 45.1 Å². The second-order valence-corrected chi connectivity index (χ2v) is 8.02. The predicted molar refractivity (Wildman–Crippen MR) is 114 cm³/mol. The molecule has 2 aromatic rings. The fraction of sp³-hybridized carbons (Fsp3) is 0.360. The van der Waals surface area contributed by atoms with E-state index in [4.69, 9.17) is 0 Å². The summed E-state index contributed by atoms with van der Waals surface area (Å²) in [7, 11) is 0.